The van der Waals surface area contributed by atoms with Gasteiger partial charge in [0.25, 0.3) is 0 Å². The Morgan fingerprint density at radius 2 is 1.71 bits per heavy atom. The number of hydrogen-bond donors (Lipinski definition) is 0. The molecule has 7 heteroatoms. The molecule has 0 saturated carbocycles. The fourth-order valence-electron chi connectivity index (χ4n) is 2.20. The number of methoxy groups -OCH3 is 1. The minimum absolute atomic E-state index is 0.110. The van der Waals surface area contributed by atoms with Crippen LogP contribution in [0.25, 0.3) is 0 Å². The van der Waals surface area contributed by atoms with E-state index in [2.05, 4.69) is 4.98 Å². The van der Waals surface area contributed by atoms with Crippen LogP contribution in [0.4, 0.5) is 0 Å². The molecule has 0 aliphatic carbocycles. The van der Waals surface area contributed by atoms with Crippen molar-refractivity contribution >= 4 is 21.6 Å². The van der Waals surface area contributed by atoms with Crippen molar-refractivity contribution < 1.29 is 22.7 Å². The molecular formula is C17H17NO5S. The lowest BCUT2D eigenvalue weighted by molar-refractivity contribution is -0.141. The molecule has 1 heterocycles. The van der Waals surface area contributed by atoms with Gasteiger partial charge in [-0.3, -0.25) is 14.6 Å². The van der Waals surface area contributed by atoms with Gasteiger partial charge >= 0.3 is 5.97 Å². The van der Waals surface area contributed by atoms with E-state index in [1.807, 2.05) is 0 Å². The van der Waals surface area contributed by atoms with E-state index in [4.69, 9.17) is 4.74 Å². The van der Waals surface area contributed by atoms with Crippen LogP contribution in [0, 0.1) is 6.92 Å². The average Bonchev–Trinajstić information content (AvgIpc) is 2.55. The van der Waals surface area contributed by atoms with E-state index in [1.165, 1.54) is 37.6 Å². The second-order valence-electron chi connectivity index (χ2n) is 5.35. The molecule has 6 nitrogen and oxygen atoms in total. The van der Waals surface area contributed by atoms with Crippen molar-refractivity contribution in [3.05, 3.63) is 59.4 Å². The van der Waals surface area contributed by atoms with E-state index < -0.39 is 27.5 Å². The van der Waals surface area contributed by atoms with Crippen LogP contribution in [0.3, 0.4) is 0 Å². The van der Waals surface area contributed by atoms with Crippen molar-refractivity contribution in [2.24, 2.45) is 0 Å². The lowest BCUT2D eigenvalue weighted by atomic mass is 9.91. The number of aromatic nitrogens is 1. The van der Waals surface area contributed by atoms with E-state index >= 15 is 0 Å². The first-order valence-electron chi connectivity index (χ1n) is 7.08. The maximum Gasteiger partial charge on any atom is 0.321 e. The first-order chi connectivity index (χ1) is 11.2. The SMILES string of the molecule is COC(=O)C(C(=O)c1ccc(C)nc1)c1ccc(S(C)(=O)=O)cc1. The molecule has 2 aromatic rings. The highest BCUT2D eigenvalue weighted by atomic mass is 32.2. The number of carbonyl (C=O) groups is 2. The number of rotatable bonds is 5. The highest BCUT2D eigenvalue weighted by molar-refractivity contribution is 7.90. The molecule has 0 aliphatic heterocycles. The number of Topliss-reactive ketones (excluding diaryl/α,β-unsaturated/α-hetero) is 1. The maximum atomic E-state index is 12.7. The van der Waals surface area contributed by atoms with E-state index in [0.717, 1.165) is 11.9 Å². The van der Waals surface area contributed by atoms with Gasteiger partial charge in [0.1, 0.15) is 5.92 Å². The largest absolute Gasteiger partial charge is 0.468 e. The number of ketones is 1. The van der Waals surface area contributed by atoms with Crippen LogP contribution < -0.4 is 0 Å². The topological polar surface area (TPSA) is 90.4 Å². The van der Waals surface area contributed by atoms with Crippen LogP contribution in [0.2, 0.25) is 0 Å². The number of sulfone groups is 1. The van der Waals surface area contributed by atoms with Crippen LogP contribution in [0.5, 0.6) is 0 Å². The summed E-state index contributed by atoms with van der Waals surface area (Å²) in [5.41, 5.74) is 1.39. The lowest BCUT2D eigenvalue weighted by Crippen LogP contribution is -2.23. The Kier molecular flexibility index (Phi) is 5.14. The summed E-state index contributed by atoms with van der Waals surface area (Å²) in [6.45, 7) is 1.79. The Hall–Kier alpha value is -2.54. The molecule has 0 radical (unpaired) electrons. The van der Waals surface area contributed by atoms with Gasteiger partial charge < -0.3 is 4.74 Å². The zero-order valence-corrected chi connectivity index (χ0v) is 14.3. The first kappa shape index (κ1) is 17.8. The molecule has 1 aromatic carbocycles. The maximum absolute atomic E-state index is 12.7. The number of hydrogen-bond acceptors (Lipinski definition) is 6. The lowest BCUT2D eigenvalue weighted by Gasteiger charge is -2.14. The fourth-order valence-corrected chi connectivity index (χ4v) is 2.83. The number of carbonyl (C=O) groups excluding carboxylic acids is 2. The Bertz CT molecular complexity index is 855. The van der Waals surface area contributed by atoms with Gasteiger partial charge in [0.2, 0.25) is 0 Å². The van der Waals surface area contributed by atoms with Gasteiger partial charge in [0, 0.05) is 23.7 Å². The summed E-state index contributed by atoms with van der Waals surface area (Å²) in [7, 11) is -2.16. The van der Waals surface area contributed by atoms with Crippen LogP contribution in [-0.2, 0) is 19.4 Å². The summed E-state index contributed by atoms with van der Waals surface area (Å²) in [6, 6.07) is 8.87. The van der Waals surface area contributed by atoms with Crippen molar-refractivity contribution in [3.8, 4) is 0 Å². The van der Waals surface area contributed by atoms with E-state index in [0.29, 0.717) is 5.56 Å². The van der Waals surface area contributed by atoms with Crippen LogP contribution in [0.15, 0.2) is 47.5 Å². The number of nitrogens with zero attached hydrogens (tertiary/aromatic N) is 1. The smallest absolute Gasteiger partial charge is 0.321 e. The zero-order valence-electron chi connectivity index (χ0n) is 13.5. The monoisotopic (exact) mass is 347 g/mol. The van der Waals surface area contributed by atoms with Gasteiger partial charge in [-0.1, -0.05) is 12.1 Å². The van der Waals surface area contributed by atoms with Gasteiger partial charge in [0.15, 0.2) is 15.6 Å². The number of esters is 1. The third kappa shape index (κ3) is 3.86. The molecule has 2 rings (SSSR count). The first-order valence-corrected chi connectivity index (χ1v) is 8.98. The number of ether oxygens (including phenoxy) is 1. The minimum Gasteiger partial charge on any atom is -0.468 e. The molecule has 126 valence electrons. The Morgan fingerprint density at radius 1 is 1.08 bits per heavy atom. The highest BCUT2D eigenvalue weighted by Crippen LogP contribution is 2.24. The van der Waals surface area contributed by atoms with Crippen LogP contribution >= 0.6 is 0 Å². The molecule has 1 aromatic heterocycles. The highest BCUT2D eigenvalue weighted by Gasteiger charge is 2.30. The molecule has 0 bridgehead atoms. The molecule has 0 fully saturated rings. The zero-order chi connectivity index (χ0) is 17.9. The van der Waals surface area contributed by atoms with Crippen LogP contribution in [-0.4, -0.2) is 38.5 Å². The molecule has 0 N–H and O–H groups in total. The third-order valence-electron chi connectivity index (χ3n) is 3.54. The summed E-state index contributed by atoms with van der Waals surface area (Å²) in [6.07, 6.45) is 2.49. The summed E-state index contributed by atoms with van der Waals surface area (Å²) in [5, 5.41) is 0. The average molecular weight is 347 g/mol. The van der Waals surface area contributed by atoms with Gasteiger partial charge in [-0.05, 0) is 36.8 Å². The van der Waals surface area contributed by atoms with Crippen molar-refractivity contribution in [2.45, 2.75) is 17.7 Å². The molecule has 24 heavy (non-hydrogen) atoms. The molecule has 0 aliphatic rings. The number of aryl methyl sites for hydroxylation is 1. The minimum atomic E-state index is -3.36. The van der Waals surface area contributed by atoms with Crippen molar-refractivity contribution in [1.82, 2.24) is 4.98 Å². The van der Waals surface area contributed by atoms with Gasteiger partial charge in [-0.25, -0.2) is 8.42 Å². The Labute approximate surface area is 140 Å². The second-order valence-corrected chi connectivity index (χ2v) is 7.37. The summed E-state index contributed by atoms with van der Waals surface area (Å²) >= 11 is 0. The fraction of sp³-hybridized carbons (Fsp3) is 0.235. The number of benzene rings is 1. The molecule has 1 atom stereocenters. The van der Waals surface area contributed by atoms with Gasteiger partial charge in [0.05, 0.1) is 12.0 Å². The van der Waals surface area contributed by atoms with Crippen molar-refractivity contribution in [3.63, 3.8) is 0 Å². The normalized spacial score (nSPS) is 12.5. The summed E-state index contributed by atoms with van der Waals surface area (Å²) in [5.74, 6) is -2.35. The quantitative estimate of drug-likeness (QED) is 0.466. The second kappa shape index (κ2) is 6.92. The van der Waals surface area contributed by atoms with E-state index in [-0.39, 0.29) is 10.5 Å². The molecule has 1 unspecified atom stereocenters. The van der Waals surface area contributed by atoms with Gasteiger partial charge in [-0.15, -0.1) is 0 Å². The Morgan fingerprint density at radius 3 is 2.17 bits per heavy atom. The standard InChI is InChI=1S/C17H17NO5S/c1-11-4-5-13(10-18-11)16(19)15(17(20)23-2)12-6-8-14(9-7-12)24(3,21)22/h4-10,15H,1-3H3. The molecule has 0 saturated heterocycles. The van der Waals surface area contributed by atoms with E-state index in [1.54, 1.807) is 19.1 Å². The summed E-state index contributed by atoms with van der Waals surface area (Å²) in [4.78, 5) is 28.9. The third-order valence-corrected chi connectivity index (χ3v) is 4.67. The Balaban J connectivity index is 2.44. The molecule has 0 amide bonds. The van der Waals surface area contributed by atoms with Crippen molar-refractivity contribution in [2.75, 3.05) is 13.4 Å². The van der Waals surface area contributed by atoms with Crippen molar-refractivity contribution in [1.29, 1.82) is 0 Å². The summed E-state index contributed by atoms with van der Waals surface area (Å²) < 4.78 is 27.8. The van der Waals surface area contributed by atoms with Crippen LogP contribution in [0.1, 0.15) is 27.5 Å². The van der Waals surface area contributed by atoms with E-state index in [9.17, 15) is 18.0 Å². The predicted octanol–water partition coefficient (Wildman–Crippen LogP) is 1.93. The molecular weight excluding hydrogens is 330 g/mol. The number of pyridine rings is 1. The molecule has 0 spiro atoms. The van der Waals surface area contributed by atoms with Gasteiger partial charge in [-0.2, -0.15) is 0 Å². The predicted molar refractivity (Wildman–Crippen MR) is 87.6 cm³/mol.